The van der Waals surface area contributed by atoms with Crippen LogP contribution in [0.1, 0.15) is 58.3 Å². The summed E-state index contributed by atoms with van der Waals surface area (Å²) in [5.74, 6) is 3.37. The first kappa shape index (κ1) is 14.0. The number of amides is 1. The van der Waals surface area contributed by atoms with Crippen molar-refractivity contribution in [3.05, 3.63) is 0 Å². The number of likely N-dealkylation sites (tertiary alicyclic amines) is 1. The van der Waals surface area contributed by atoms with Crippen LogP contribution in [0.25, 0.3) is 0 Å². The molecule has 4 saturated carbocycles. The largest absolute Gasteiger partial charge is 0.393 e. The predicted octanol–water partition coefficient (Wildman–Crippen LogP) is 2.82. The summed E-state index contributed by atoms with van der Waals surface area (Å²) in [6.07, 6.45) is 9.62. The van der Waals surface area contributed by atoms with Gasteiger partial charge in [-0.15, -0.1) is 0 Å². The zero-order valence-corrected chi connectivity index (χ0v) is 13.3. The molecule has 1 saturated heterocycles. The van der Waals surface area contributed by atoms with Crippen LogP contribution < -0.4 is 0 Å². The molecular weight excluding hydrogens is 262 g/mol. The average molecular weight is 291 g/mol. The highest BCUT2D eigenvalue weighted by molar-refractivity contribution is 5.77. The van der Waals surface area contributed by atoms with E-state index in [-0.39, 0.29) is 12.0 Å². The molecule has 1 amide bonds. The van der Waals surface area contributed by atoms with Gasteiger partial charge >= 0.3 is 0 Å². The van der Waals surface area contributed by atoms with E-state index in [0.717, 1.165) is 43.7 Å². The first-order valence-electron chi connectivity index (χ1n) is 8.99. The van der Waals surface area contributed by atoms with E-state index < -0.39 is 0 Å². The Bertz CT molecular complexity index is 398. The van der Waals surface area contributed by atoms with Crippen molar-refractivity contribution in [3.63, 3.8) is 0 Å². The molecule has 1 heterocycles. The van der Waals surface area contributed by atoms with E-state index in [4.69, 9.17) is 0 Å². The van der Waals surface area contributed by atoms with Gasteiger partial charge in [-0.05, 0) is 74.0 Å². The van der Waals surface area contributed by atoms with Crippen LogP contribution in [-0.4, -0.2) is 35.1 Å². The highest BCUT2D eigenvalue weighted by Gasteiger charge is 2.51. The lowest BCUT2D eigenvalue weighted by molar-refractivity contribution is -0.142. The van der Waals surface area contributed by atoms with Gasteiger partial charge in [-0.1, -0.05) is 6.92 Å². The topological polar surface area (TPSA) is 40.5 Å². The van der Waals surface area contributed by atoms with Crippen molar-refractivity contribution in [2.24, 2.45) is 29.1 Å². The number of nitrogens with zero attached hydrogens (tertiary/aromatic N) is 1. The molecule has 4 bridgehead atoms. The van der Waals surface area contributed by atoms with Crippen molar-refractivity contribution >= 4 is 5.91 Å². The normalized spacial score (nSPS) is 48.7. The molecule has 0 aromatic rings. The van der Waals surface area contributed by atoms with Crippen molar-refractivity contribution in [3.8, 4) is 0 Å². The molecule has 3 nitrogen and oxygen atoms in total. The number of aliphatic hydroxyl groups is 1. The summed E-state index contributed by atoms with van der Waals surface area (Å²) in [5.41, 5.74) is 0.352. The van der Waals surface area contributed by atoms with Crippen LogP contribution in [0.5, 0.6) is 0 Å². The Kier molecular flexibility index (Phi) is 3.33. The van der Waals surface area contributed by atoms with Crippen LogP contribution in [-0.2, 0) is 4.79 Å². The van der Waals surface area contributed by atoms with Crippen LogP contribution in [0.3, 0.4) is 0 Å². The molecule has 5 fully saturated rings. The van der Waals surface area contributed by atoms with Crippen LogP contribution in [0.4, 0.5) is 0 Å². The van der Waals surface area contributed by atoms with Gasteiger partial charge in [0.1, 0.15) is 0 Å². The summed E-state index contributed by atoms with van der Waals surface area (Å²) < 4.78 is 0. The Morgan fingerprint density at radius 2 is 1.71 bits per heavy atom. The minimum Gasteiger partial charge on any atom is -0.393 e. The van der Waals surface area contributed by atoms with Gasteiger partial charge in [0.25, 0.3) is 0 Å². The molecule has 2 atom stereocenters. The summed E-state index contributed by atoms with van der Waals surface area (Å²) >= 11 is 0. The molecule has 0 aromatic carbocycles. The predicted molar refractivity (Wildman–Crippen MR) is 81.6 cm³/mol. The third-order valence-corrected chi connectivity index (χ3v) is 6.90. The van der Waals surface area contributed by atoms with Gasteiger partial charge in [-0.3, -0.25) is 4.79 Å². The third kappa shape index (κ3) is 2.52. The van der Waals surface area contributed by atoms with Crippen molar-refractivity contribution < 1.29 is 9.90 Å². The minimum absolute atomic E-state index is 0.214. The van der Waals surface area contributed by atoms with Crippen LogP contribution >= 0.6 is 0 Å². The standard InChI is InChI=1S/C18H29NO2/c1-12-11-19(3-2-16(12)20)17(21)10-18-7-13-4-14(8-18)6-15(5-13)9-18/h12-16,20H,2-11H2,1H3. The molecule has 4 aliphatic carbocycles. The van der Waals surface area contributed by atoms with Crippen molar-refractivity contribution in [2.45, 2.75) is 64.4 Å². The fraction of sp³-hybridized carbons (Fsp3) is 0.944. The number of hydrogen-bond donors (Lipinski definition) is 1. The number of piperidine rings is 1. The van der Waals surface area contributed by atoms with Gasteiger partial charge in [0.05, 0.1) is 6.10 Å². The Hall–Kier alpha value is -0.570. The number of aliphatic hydroxyl groups excluding tert-OH is 1. The maximum Gasteiger partial charge on any atom is 0.223 e. The van der Waals surface area contributed by atoms with Crippen molar-refractivity contribution in [2.75, 3.05) is 13.1 Å². The number of carbonyl (C=O) groups is 1. The second-order valence-electron chi connectivity index (χ2n) is 8.77. The van der Waals surface area contributed by atoms with E-state index in [0.29, 0.717) is 11.3 Å². The molecule has 0 aromatic heterocycles. The molecule has 118 valence electrons. The zero-order chi connectivity index (χ0) is 14.6. The van der Waals surface area contributed by atoms with Gasteiger partial charge in [0, 0.05) is 19.5 Å². The fourth-order valence-corrected chi connectivity index (χ4v) is 6.30. The van der Waals surface area contributed by atoms with Crippen LogP contribution in [0.15, 0.2) is 0 Å². The Balaban J connectivity index is 1.42. The molecular formula is C18H29NO2. The summed E-state index contributed by atoms with van der Waals surface area (Å²) in [6, 6.07) is 0. The molecule has 2 unspecified atom stereocenters. The van der Waals surface area contributed by atoms with Crippen LogP contribution in [0, 0.1) is 29.1 Å². The Morgan fingerprint density at radius 1 is 1.14 bits per heavy atom. The van der Waals surface area contributed by atoms with E-state index in [1.807, 2.05) is 4.90 Å². The highest BCUT2D eigenvalue weighted by Crippen LogP contribution is 2.61. The van der Waals surface area contributed by atoms with Crippen molar-refractivity contribution in [1.82, 2.24) is 4.90 Å². The first-order valence-corrected chi connectivity index (χ1v) is 8.99. The average Bonchev–Trinajstić information content (AvgIpc) is 2.39. The lowest BCUT2D eigenvalue weighted by Crippen LogP contribution is -2.50. The third-order valence-electron chi connectivity index (χ3n) is 6.90. The number of hydrogen-bond acceptors (Lipinski definition) is 2. The Labute approximate surface area is 128 Å². The lowest BCUT2D eigenvalue weighted by Gasteiger charge is -2.57. The highest BCUT2D eigenvalue weighted by atomic mass is 16.3. The SMILES string of the molecule is CC1CN(C(=O)CC23CC4CC(CC(C4)C2)C3)CCC1O. The fourth-order valence-electron chi connectivity index (χ4n) is 6.30. The molecule has 5 rings (SSSR count). The van der Waals surface area contributed by atoms with E-state index >= 15 is 0 Å². The Morgan fingerprint density at radius 3 is 2.24 bits per heavy atom. The van der Waals surface area contributed by atoms with E-state index in [2.05, 4.69) is 6.92 Å². The van der Waals surface area contributed by atoms with Gasteiger partial charge < -0.3 is 10.0 Å². The second kappa shape index (κ2) is 4.97. The zero-order valence-electron chi connectivity index (χ0n) is 13.3. The minimum atomic E-state index is -0.214. The smallest absolute Gasteiger partial charge is 0.223 e. The molecule has 5 aliphatic rings. The van der Waals surface area contributed by atoms with Gasteiger partial charge in [0.15, 0.2) is 0 Å². The molecule has 0 spiro atoms. The monoisotopic (exact) mass is 291 g/mol. The molecule has 21 heavy (non-hydrogen) atoms. The van der Waals surface area contributed by atoms with Gasteiger partial charge in [0.2, 0.25) is 5.91 Å². The maximum atomic E-state index is 12.8. The second-order valence-corrected chi connectivity index (χ2v) is 8.77. The van der Waals surface area contributed by atoms with E-state index in [1.165, 1.54) is 38.5 Å². The van der Waals surface area contributed by atoms with E-state index in [1.54, 1.807) is 0 Å². The molecule has 1 aliphatic heterocycles. The number of rotatable bonds is 2. The lowest BCUT2D eigenvalue weighted by atomic mass is 9.49. The summed E-state index contributed by atoms with van der Waals surface area (Å²) in [7, 11) is 0. The van der Waals surface area contributed by atoms with Gasteiger partial charge in [-0.25, -0.2) is 0 Å². The van der Waals surface area contributed by atoms with Gasteiger partial charge in [-0.2, -0.15) is 0 Å². The summed E-state index contributed by atoms with van der Waals surface area (Å²) in [6.45, 7) is 3.58. The van der Waals surface area contributed by atoms with E-state index in [9.17, 15) is 9.90 Å². The quantitative estimate of drug-likeness (QED) is 0.850. The molecule has 3 heteroatoms. The van der Waals surface area contributed by atoms with Crippen molar-refractivity contribution in [1.29, 1.82) is 0 Å². The number of carbonyl (C=O) groups excluding carboxylic acids is 1. The molecule has 1 N–H and O–H groups in total. The van der Waals surface area contributed by atoms with Crippen LogP contribution in [0.2, 0.25) is 0 Å². The summed E-state index contributed by atoms with van der Waals surface area (Å²) in [5, 5.41) is 9.84. The first-order chi connectivity index (χ1) is 10.0. The maximum absolute atomic E-state index is 12.8. The summed E-state index contributed by atoms with van der Waals surface area (Å²) in [4.78, 5) is 14.8. The molecule has 0 radical (unpaired) electrons.